The summed E-state index contributed by atoms with van der Waals surface area (Å²) < 4.78 is 0. The molecule has 0 rings (SSSR count). The molecular formula is C19H34O4. The Labute approximate surface area is 141 Å². The van der Waals surface area contributed by atoms with Crippen LogP contribution in [-0.2, 0) is 9.59 Å². The maximum atomic E-state index is 11.1. The Hall–Kier alpha value is -1.58. The van der Waals surface area contributed by atoms with Gasteiger partial charge in [0.05, 0.1) is 0 Å². The van der Waals surface area contributed by atoms with Gasteiger partial charge in [-0.05, 0) is 32.1 Å². The van der Waals surface area contributed by atoms with Crippen molar-refractivity contribution in [2.75, 3.05) is 0 Å². The number of carboxylic acids is 2. The number of allylic oxidation sites excluding steroid dienone is 1. The SMILES string of the molecule is C=C(C)C(=O)O.CCCCC(=CCC(CC)CCCC)C(=O)O. The normalized spacial score (nSPS) is 12.1. The molecule has 2 N–H and O–H groups in total. The van der Waals surface area contributed by atoms with E-state index in [1.165, 1.54) is 26.2 Å². The van der Waals surface area contributed by atoms with Crippen LogP contribution in [0.2, 0.25) is 0 Å². The van der Waals surface area contributed by atoms with Crippen LogP contribution in [0.1, 0.15) is 79.1 Å². The van der Waals surface area contributed by atoms with Gasteiger partial charge in [0, 0.05) is 11.1 Å². The van der Waals surface area contributed by atoms with Crippen LogP contribution in [-0.4, -0.2) is 22.2 Å². The zero-order chi connectivity index (χ0) is 18.3. The second-order valence-corrected chi connectivity index (χ2v) is 5.88. The predicted octanol–water partition coefficient (Wildman–Crippen LogP) is 5.44. The van der Waals surface area contributed by atoms with Crippen molar-refractivity contribution in [2.24, 2.45) is 5.92 Å². The van der Waals surface area contributed by atoms with Gasteiger partial charge < -0.3 is 10.2 Å². The highest BCUT2D eigenvalue weighted by Gasteiger charge is 2.09. The van der Waals surface area contributed by atoms with Crippen LogP contribution in [0.3, 0.4) is 0 Å². The van der Waals surface area contributed by atoms with E-state index >= 15 is 0 Å². The first kappa shape index (κ1) is 23.7. The Kier molecular flexibility index (Phi) is 15.8. The zero-order valence-electron chi connectivity index (χ0n) is 15.2. The molecule has 23 heavy (non-hydrogen) atoms. The summed E-state index contributed by atoms with van der Waals surface area (Å²) in [6.07, 6.45) is 10.5. The molecule has 0 aromatic heterocycles. The molecule has 0 heterocycles. The van der Waals surface area contributed by atoms with Gasteiger partial charge in [-0.15, -0.1) is 0 Å². The summed E-state index contributed by atoms with van der Waals surface area (Å²) in [5.74, 6) is -1.01. The molecule has 134 valence electrons. The molecule has 0 spiro atoms. The first-order chi connectivity index (χ1) is 10.8. The standard InChI is InChI=1S/C15H28O2.C4H6O2/c1-4-7-9-13(6-3)11-12-14(15(16)17)10-8-5-2;1-3(2)4(5)6/h12-13H,4-11H2,1-3H3,(H,16,17);1H2,2H3,(H,5,6). The molecule has 0 saturated heterocycles. The molecule has 0 radical (unpaired) electrons. The number of carboxylic acid groups (broad SMARTS) is 2. The summed E-state index contributed by atoms with van der Waals surface area (Å²) in [6, 6.07) is 0. The summed E-state index contributed by atoms with van der Waals surface area (Å²) in [6.45, 7) is 11.1. The first-order valence-electron chi connectivity index (χ1n) is 8.61. The Balaban J connectivity index is 0. The molecule has 0 aliphatic rings. The second kappa shape index (κ2) is 15.3. The lowest BCUT2D eigenvalue weighted by Crippen LogP contribution is -2.03. The highest BCUT2D eigenvalue weighted by molar-refractivity contribution is 5.86. The summed E-state index contributed by atoms with van der Waals surface area (Å²) in [5.41, 5.74) is 0.789. The third kappa shape index (κ3) is 15.1. The lowest BCUT2D eigenvalue weighted by Gasteiger charge is -2.12. The molecule has 4 heteroatoms. The van der Waals surface area contributed by atoms with E-state index in [-0.39, 0.29) is 5.57 Å². The second-order valence-electron chi connectivity index (χ2n) is 5.88. The molecule has 0 bridgehead atoms. The quantitative estimate of drug-likeness (QED) is 0.496. The van der Waals surface area contributed by atoms with Gasteiger partial charge in [0.1, 0.15) is 0 Å². The summed E-state index contributed by atoms with van der Waals surface area (Å²) in [5, 5.41) is 17.0. The number of hydrogen-bond acceptors (Lipinski definition) is 2. The minimum absolute atomic E-state index is 0.176. The summed E-state index contributed by atoms with van der Waals surface area (Å²) in [7, 11) is 0. The van der Waals surface area contributed by atoms with Gasteiger partial charge in [0.2, 0.25) is 0 Å². The molecule has 1 unspecified atom stereocenters. The minimum Gasteiger partial charge on any atom is -0.478 e. The summed E-state index contributed by atoms with van der Waals surface area (Å²) >= 11 is 0. The van der Waals surface area contributed by atoms with Crippen molar-refractivity contribution in [1.82, 2.24) is 0 Å². The Bertz CT molecular complexity index is 371. The maximum absolute atomic E-state index is 11.1. The number of unbranched alkanes of at least 4 members (excludes halogenated alkanes) is 2. The molecule has 0 aliphatic heterocycles. The first-order valence-corrected chi connectivity index (χ1v) is 8.61. The van der Waals surface area contributed by atoms with Gasteiger partial charge in [-0.2, -0.15) is 0 Å². The van der Waals surface area contributed by atoms with Gasteiger partial charge in [-0.25, -0.2) is 9.59 Å². The van der Waals surface area contributed by atoms with Crippen molar-refractivity contribution < 1.29 is 19.8 Å². The highest BCUT2D eigenvalue weighted by Crippen LogP contribution is 2.19. The van der Waals surface area contributed by atoms with E-state index in [0.29, 0.717) is 11.5 Å². The molecule has 0 amide bonds. The van der Waals surface area contributed by atoms with Crippen molar-refractivity contribution in [3.8, 4) is 0 Å². The third-order valence-corrected chi connectivity index (χ3v) is 3.68. The minimum atomic E-state index is -0.935. The molecule has 0 aliphatic carbocycles. The van der Waals surface area contributed by atoms with Crippen LogP contribution in [0, 0.1) is 5.92 Å². The fourth-order valence-corrected chi connectivity index (χ4v) is 1.95. The number of aliphatic carboxylic acids is 2. The average molecular weight is 326 g/mol. The lowest BCUT2D eigenvalue weighted by molar-refractivity contribution is -0.133. The van der Waals surface area contributed by atoms with Crippen molar-refractivity contribution in [3.05, 3.63) is 23.8 Å². The van der Waals surface area contributed by atoms with Crippen molar-refractivity contribution in [3.63, 3.8) is 0 Å². The van der Waals surface area contributed by atoms with Gasteiger partial charge >= 0.3 is 11.9 Å². The average Bonchev–Trinajstić information content (AvgIpc) is 2.50. The largest absolute Gasteiger partial charge is 0.478 e. The van der Waals surface area contributed by atoms with Crippen LogP contribution in [0.25, 0.3) is 0 Å². The van der Waals surface area contributed by atoms with Gasteiger partial charge in [0.15, 0.2) is 0 Å². The fraction of sp³-hybridized carbons (Fsp3) is 0.684. The molecule has 0 aromatic carbocycles. The van der Waals surface area contributed by atoms with Crippen LogP contribution in [0.15, 0.2) is 23.8 Å². The topological polar surface area (TPSA) is 74.6 Å². The van der Waals surface area contributed by atoms with E-state index in [9.17, 15) is 9.59 Å². The zero-order valence-corrected chi connectivity index (χ0v) is 15.2. The van der Waals surface area contributed by atoms with Gasteiger partial charge in [0.25, 0.3) is 0 Å². The Morgan fingerprint density at radius 2 is 1.57 bits per heavy atom. The fourth-order valence-electron chi connectivity index (χ4n) is 1.95. The van der Waals surface area contributed by atoms with E-state index in [1.807, 2.05) is 6.08 Å². The van der Waals surface area contributed by atoms with E-state index in [4.69, 9.17) is 10.2 Å². The summed E-state index contributed by atoms with van der Waals surface area (Å²) in [4.78, 5) is 20.7. The van der Waals surface area contributed by atoms with Gasteiger partial charge in [-0.3, -0.25) is 0 Å². The van der Waals surface area contributed by atoms with Crippen LogP contribution in [0.5, 0.6) is 0 Å². The maximum Gasteiger partial charge on any atom is 0.331 e. The van der Waals surface area contributed by atoms with E-state index < -0.39 is 11.9 Å². The molecule has 0 fully saturated rings. The Morgan fingerprint density at radius 1 is 1.04 bits per heavy atom. The molecule has 4 nitrogen and oxygen atoms in total. The number of hydrogen-bond donors (Lipinski definition) is 2. The molecular weight excluding hydrogens is 292 g/mol. The number of rotatable bonds is 11. The van der Waals surface area contributed by atoms with E-state index in [1.54, 1.807) is 0 Å². The van der Waals surface area contributed by atoms with Crippen LogP contribution in [0.4, 0.5) is 0 Å². The van der Waals surface area contributed by atoms with E-state index in [0.717, 1.165) is 32.1 Å². The number of carbonyl (C=O) groups is 2. The molecule has 0 saturated carbocycles. The predicted molar refractivity (Wildman–Crippen MR) is 95.6 cm³/mol. The van der Waals surface area contributed by atoms with Crippen molar-refractivity contribution >= 4 is 11.9 Å². The third-order valence-electron chi connectivity index (χ3n) is 3.68. The van der Waals surface area contributed by atoms with Crippen molar-refractivity contribution in [2.45, 2.75) is 79.1 Å². The molecule has 1 atom stereocenters. The smallest absolute Gasteiger partial charge is 0.331 e. The van der Waals surface area contributed by atoms with Crippen LogP contribution >= 0.6 is 0 Å². The Morgan fingerprint density at radius 3 is 1.91 bits per heavy atom. The van der Waals surface area contributed by atoms with Crippen LogP contribution < -0.4 is 0 Å². The van der Waals surface area contributed by atoms with Crippen molar-refractivity contribution in [1.29, 1.82) is 0 Å². The van der Waals surface area contributed by atoms with Gasteiger partial charge in [-0.1, -0.05) is 65.5 Å². The monoisotopic (exact) mass is 326 g/mol. The lowest BCUT2D eigenvalue weighted by atomic mass is 9.94. The molecule has 0 aromatic rings. The van der Waals surface area contributed by atoms with E-state index in [2.05, 4.69) is 27.4 Å². The highest BCUT2D eigenvalue weighted by atomic mass is 16.4.